The lowest BCUT2D eigenvalue weighted by atomic mass is 10.2. The number of nitrogens with zero attached hydrogens (tertiary/aromatic N) is 2. The molecule has 0 aliphatic carbocycles. The zero-order valence-corrected chi connectivity index (χ0v) is 6.11. The van der Waals surface area contributed by atoms with E-state index in [1.54, 1.807) is 18.2 Å². The summed E-state index contributed by atoms with van der Waals surface area (Å²) in [6.07, 6.45) is 0. The number of anilines is 1. The van der Waals surface area contributed by atoms with Gasteiger partial charge in [0.15, 0.2) is 5.58 Å². The van der Waals surface area contributed by atoms with Crippen molar-refractivity contribution in [3.63, 3.8) is 0 Å². The topological polar surface area (TPSA) is 75.8 Å². The quantitative estimate of drug-likeness (QED) is 0.628. The van der Waals surface area contributed by atoms with Crippen LogP contribution < -0.4 is 5.73 Å². The molecule has 0 spiro atoms. The van der Waals surface area contributed by atoms with Crippen LogP contribution in [0.4, 0.5) is 6.01 Å². The van der Waals surface area contributed by atoms with Gasteiger partial charge < -0.3 is 10.2 Å². The zero-order chi connectivity index (χ0) is 8.55. The number of aromatic nitrogens is 1. The van der Waals surface area contributed by atoms with Crippen LogP contribution in [0, 0.1) is 11.3 Å². The van der Waals surface area contributed by atoms with E-state index in [1.807, 2.05) is 6.07 Å². The second-order valence-corrected chi connectivity index (χ2v) is 2.35. The van der Waals surface area contributed by atoms with E-state index in [0.29, 0.717) is 16.7 Å². The minimum absolute atomic E-state index is 0.125. The van der Waals surface area contributed by atoms with E-state index < -0.39 is 0 Å². The summed E-state index contributed by atoms with van der Waals surface area (Å²) in [5, 5.41) is 8.56. The molecule has 2 aromatic rings. The van der Waals surface area contributed by atoms with E-state index in [4.69, 9.17) is 15.4 Å². The van der Waals surface area contributed by atoms with Crippen molar-refractivity contribution in [3.05, 3.63) is 23.8 Å². The average molecular weight is 159 g/mol. The summed E-state index contributed by atoms with van der Waals surface area (Å²) in [6, 6.07) is 7.11. The lowest BCUT2D eigenvalue weighted by Crippen LogP contribution is -1.80. The van der Waals surface area contributed by atoms with Crippen LogP contribution in [0.15, 0.2) is 22.6 Å². The summed E-state index contributed by atoms with van der Waals surface area (Å²) in [5.41, 5.74) is 7.08. The van der Waals surface area contributed by atoms with Gasteiger partial charge in [-0.15, -0.1) is 0 Å². The maximum atomic E-state index is 8.56. The van der Waals surface area contributed by atoms with Gasteiger partial charge in [0.2, 0.25) is 0 Å². The van der Waals surface area contributed by atoms with Crippen LogP contribution in [0.2, 0.25) is 0 Å². The molecular weight excluding hydrogens is 154 g/mol. The van der Waals surface area contributed by atoms with Crippen LogP contribution in [0.25, 0.3) is 11.1 Å². The van der Waals surface area contributed by atoms with Crippen molar-refractivity contribution in [1.82, 2.24) is 4.98 Å². The first-order valence-corrected chi connectivity index (χ1v) is 3.36. The van der Waals surface area contributed by atoms with Crippen LogP contribution in [0.5, 0.6) is 0 Å². The molecule has 0 bridgehead atoms. The fourth-order valence-electron chi connectivity index (χ4n) is 1.01. The van der Waals surface area contributed by atoms with Crippen molar-refractivity contribution in [1.29, 1.82) is 5.26 Å². The van der Waals surface area contributed by atoms with E-state index in [-0.39, 0.29) is 6.01 Å². The second kappa shape index (κ2) is 2.24. The Morgan fingerprint density at radius 3 is 3.08 bits per heavy atom. The number of hydrogen-bond donors (Lipinski definition) is 1. The highest BCUT2D eigenvalue weighted by Gasteiger charge is 2.02. The Kier molecular flexibility index (Phi) is 1.25. The molecule has 0 unspecified atom stereocenters. The van der Waals surface area contributed by atoms with Crippen LogP contribution in [0.1, 0.15) is 5.56 Å². The van der Waals surface area contributed by atoms with Crippen molar-refractivity contribution in [2.45, 2.75) is 0 Å². The van der Waals surface area contributed by atoms with Gasteiger partial charge in [0.1, 0.15) is 5.52 Å². The molecule has 1 aromatic carbocycles. The smallest absolute Gasteiger partial charge is 0.292 e. The molecule has 0 saturated heterocycles. The molecule has 58 valence electrons. The molecule has 0 aliphatic heterocycles. The Morgan fingerprint density at radius 1 is 1.50 bits per heavy atom. The predicted octanol–water partition coefficient (Wildman–Crippen LogP) is 1.28. The number of nitriles is 1. The van der Waals surface area contributed by atoms with Gasteiger partial charge in [-0.2, -0.15) is 10.2 Å². The summed E-state index contributed by atoms with van der Waals surface area (Å²) in [6.45, 7) is 0. The SMILES string of the molecule is N#Cc1ccc2nc(N)oc2c1. The van der Waals surface area contributed by atoms with Gasteiger partial charge in [-0.25, -0.2) is 0 Å². The maximum Gasteiger partial charge on any atom is 0.292 e. The molecule has 0 fully saturated rings. The third-order valence-electron chi connectivity index (χ3n) is 1.53. The summed E-state index contributed by atoms with van der Waals surface area (Å²) in [7, 11) is 0. The molecule has 0 amide bonds. The average Bonchev–Trinajstić information content (AvgIpc) is 2.43. The minimum atomic E-state index is 0.125. The molecule has 0 atom stereocenters. The van der Waals surface area contributed by atoms with Crippen LogP contribution in [-0.4, -0.2) is 4.98 Å². The third-order valence-corrected chi connectivity index (χ3v) is 1.53. The third kappa shape index (κ3) is 0.883. The van der Waals surface area contributed by atoms with E-state index in [2.05, 4.69) is 4.98 Å². The van der Waals surface area contributed by atoms with Crippen molar-refractivity contribution in [2.24, 2.45) is 0 Å². The predicted molar refractivity (Wildman–Crippen MR) is 43.1 cm³/mol. The Morgan fingerprint density at radius 2 is 2.33 bits per heavy atom. The molecule has 4 nitrogen and oxygen atoms in total. The number of nitrogen functional groups attached to an aromatic ring is 1. The first-order valence-electron chi connectivity index (χ1n) is 3.36. The maximum absolute atomic E-state index is 8.56. The molecule has 1 heterocycles. The normalized spacial score (nSPS) is 9.92. The number of hydrogen-bond acceptors (Lipinski definition) is 4. The van der Waals surface area contributed by atoms with Gasteiger partial charge in [-0.1, -0.05) is 0 Å². The molecular formula is C8H5N3O. The van der Waals surface area contributed by atoms with Gasteiger partial charge in [-0.05, 0) is 12.1 Å². The van der Waals surface area contributed by atoms with E-state index in [1.165, 1.54) is 0 Å². The van der Waals surface area contributed by atoms with Crippen LogP contribution in [0.3, 0.4) is 0 Å². The van der Waals surface area contributed by atoms with Gasteiger partial charge in [0, 0.05) is 6.07 Å². The fraction of sp³-hybridized carbons (Fsp3) is 0. The minimum Gasteiger partial charge on any atom is -0.424 e. The van der Waals surface area contributed by atoms with E-state index in [0.717, 1.165) is 0 Å². The van der Waals surface area contributed by atoms with Gasteiger partial charge >= 0.3 is 0 Å². The second-order valence-electron chi connectivity index (χ2n) is 2.35. The highest BCUT2D eigenvalue weighted by atomic mass is 16.4. The van der Waals surface area contributed by atoms with Crippen molar-refractivity contribution >= 4 is 17.1 Å². The van der Waals surface area contributed by atoms with Crippen molar-refractivity contribution < 1.29 is 4.42 Å². The number of nitrogens with two attached hydrogens (primary N) is 1. The molecule has 2 N–H and O–H groups in total. The summed E-state index contributed by atoms with van der Waals surface area (Å²) >= 11 is 0. The number of fused-ring (bicyclic) bond motifs is 1. The lowest BCUT2D eigenvalue weighted by molar-refractivity contribution is 0.626. The fourth-order valence-corrected chi connectivity index (χ4v) is 1.01. The lowest BCUT2D eigenvalue weighted by Gasteiger charge is -1.85. The summed E-state index contributed by atoms with van der Waals surface area (Å²) < 4.78 is 5.03. The Hall–Kier alpha value is -2.02. The van der Waals surface area contributed by atoms with Crippen LogP contribution in [-0.2, 0) is 0 Å². The molecule has 1 aromatic heterocycles. The van der Waals surface area contributed by atoms with Crippen molar-refractivity contribution in [3.8, 4) is 6.07 Å². The van der Waals surface area contributed by atoms with Crippen molar-refractivity contribution in [2.75, 3.05) is 5.73 Å². The number of rotatable bonds is 0. The Balaban J connectivity index is 2.77. The van der Waals surface area contributed by atoms with E-state index in [9.17, 15) is 0 Å². The highest BCUT2D eigenvalue weighted by Crippen LogP contribution is 2.17. The molecule has 2 rings (SSSR count). The molecule has 0 aliphatic rings. The Bertz CT molecular complexity index is 467. The highest BCUT2D eigenvalue weighted by molar-refractivity contribution is 5.75. The molecule has 0 saturated carbocycles. The van der Waals surface area contributed by atoms with E-state index >= 15 is 0 Å². The summed E-state index contributed by atoms with van der Waals surface area (Å²) in [5.74, 6) is 0. The Labute approximate surface area is 68.2 Å². The number of benzene rings is 1. The molecule has 0 radical (unpaired) electrons. The number of oxazole rings is 1. The monoisotopic (exact) mass is 159 g/mol. The van der Waals surface area contributed by atoms with Crippen LogP contribution >= 0.6 is 0 Å². The first kappa shape index (κ1) is 6.68. The van der Waals surface area contributed by atoms with Gasteiger partial charge in [-0.3, -0.25) is 0 Å². The summed E-state index contributed by atoms with van der Waals surface area (Å²) in [4.78, 5) is 3.89. The standard InChI is InChI=1S/C8H5N3O/c9-4-5-1-2-6-7(3-5)12-8(10)11-6/h1-3H,(H2,10,11). The first-order chi connectivity index (χ1) is 5.79. The van der Waals surface area contributed by atoms with Gasteiger partial charge in [0.05, 0.1) is 11.6 Å². The molecule has 12 heavy (non-hydrogen) atoms. The molecule has 4 heteroatoms. The zero-order valence-electron chi connectivity index (χ0n) is 6.11. The largest absolute Gasteiger partial charge is 0.424 e. The van der Waals surface area contributed by atoms with Gasteiger partial charge in [0.25, 0.3) is 6.01 Å².